The van der Waals surface area contributed by atoms with Gasteiger partial charge in [-0.1, -0.05) is 12.1 Å². The molecule has 1 rings (SSSR count). The van der Waals surface area contributed by atoms with Crippen molar-refractivity contribution in [1.82, 2.24) is 0 Å². The molecule has 0 saturated carbocycles. The summed E-state index contributed by atoms with van der Waals surface area (Å²) in [7, 11) is 0. The number of hydrogen-bond acceptors (Lipinski definition) is 4. The Labute approximate surface area is 94.0 Å². The van der Waals surface area contributed by atoms with Gasteiger partial charge in [0.05, 0.1) is 4.92 Å². The molecule has 0 heterocycles. The molecule has 15 heavy (non-hydrogen) atoms. The third kappa shape index (κ3) is 3.83. The molecule has 1 aromatic rings. The van der Waals surface area contributed by atoms with Crippen molar-refractivity contribution in [2.24, 2.45) is 11.5 Å². The van der Waals surface area contributed by atoms with E-state index >= 15 is 0 Å². The zero-order valence-electron chi connectivity index (χ0n) is 8.13. The van der Waals surface area contributed by atoms with Crippen molar-refractivity contribution >= 4 is 18.1 Å². The maximum atomic E-state index is 10.5. The minimum Gasteiger partial charge on any atom is -0.330 e. The van der Waals surface area contributed by atoms with E-state index in [9.17, 15) is 10.1 Å². The first-order valence-electron chi connectivity index (χ1n) is 4.35. The molecule has 1 aromatic carbocycles. The standard InChI is InChI=1S/C9H13N3O2.ClH/c10-5-4-9(11)7-2-1-3-8(6-7)12(13)14;/h1-3,6,9H,4-5,10-11H2;1H/t9-;/m0./s1. The molecule has 0 radical (unpaired) electrons. The van der Waals surface area contributed by atoms with Gasteiger partial charge in [0.25, 0.3) is 5.69 Å². The predicted octanol–water partition coefficient (Wildman–Crippen LogP) is 1.37. The number of benzene rings is 1. The SMILES string of the molecule is Cl.NCC[C@H](N)c1cccc([N+](=O)[O-])c1. The number of halogens is 1. The second-order valence-electron chi connectivity index (χ2n) is 3.04. The van der Waals surface area contributed by atoms with Crippen molar-refractivity contribution in [3.05, 3.63) is 39.9 Å². The molecule has 0 aromatic heterocycles. The minimum atomic E-state index is -0.432. The van der Waals surface area contributed by atoms with Crippen molar-refractivity contribution < 1.29 is 4.92 Å². The molecule has 0 saturated heterocycles. The van der Waals surface area contributed by atoms with E-state index in [4.69, 9.17) is 11.5 Å². The van der Waals surface area contributed by atoms with E-state index in [1.807, 2.05) is 0 Å². The summed E-state index contributed by atoms with van der Waals surface area (Å²) in [6.45, 7) is 0.476. The third-order valence-corrected chi connectivity index (χ3v) is 1.99. The highest BCUT2D eigenvalue weighted by Crippen LogP contribution is 2.19. The average Bonchev–Trinajstić information content (AvgIpc) is 2.18. The topological polar surface area (TPSA) is 95.2 Å². The fourth-order valence-corrected chi connectivity index (χ4v) is 1.22. The molecule has 0 unspecified atom stereocenters. The maximum absolute atomic E-state index is 10.5. The molecule has 1 atom stereocenters. The van der Waals surface area contributed by atoms with Gasteiger partial charge in [0.15, 0.2) is 0 Å². The molecule has 4 N–H and O–H groups in total. The van der Waals surface area contributed by atoms with Gasteiger partial charge >= 0.3 is 0 Å². The summed E-state index contributed by atoms with van der Waals surface area (Å²) in [6.07, 6.45) is 0.626. The smallest absolute Gasteiger partial charge is 0.269 e. The van der Waals surface area contributed by atoms with E-state index in [1.165, 1.54) is 12.1 Å². The normalized spacial score (nSPS) is 11.6. The van der Waals surface area contributed by atoms with E-state index in [2.05, 4.69) is 0 Å². The zero-order valence-corrected chi connectivity index (χ0v) is 8.94. The first-order chi connectivity index (χ1) is 6.65. The Kier molecular flexibility index (Phi) is 5.84. The van der Waals surface area contributed by atoms with E-state index in [0.29, 0.717) is 13.0 Å². The molecule has 0 aliphatic rings. The van der Waals surface area contributed by atoms with E-state index in [0.717, 1.165) is 5.56 Å². The largest absolute Gasteiger partial charge is 0.330 e. The maximum Gasteiger partial charge on any atom is 0.269 e. The molecule has 0 amide bonds. The lowest BCUT2D eigenvalue weighted by atomic mass is 10.0. The van der Waals surface area contributed by atoms with Crippen LogP contribution in [0.15, 0.2) is 24.3 Å². The van der Waals surface area contributed by atoms with Crippen LogP contribution in [0.2, 0.25) is 0 Å². The summed E-state index contributed by atoms with van der Waals surface area (Å²) in [6, 6.07) is 6.11. The Morgan fingerprint density at radius 3 is 2.67 bits per heavy atom. The van der Waals surface area contributed by atoms with E-state index in [-0.39, 0.29) is 24.1 Å². The Morgan fingerprint density at radius 1 is 1.47 bits per heavy atom. The van der Waals surface area contributed by atoms with Crippen molar-refractivity contribution in [3.8, 4) is 0 Å². The quantitative estimate of drug-likeness (QED) is 0.604. The van der Waals surface area contributed by atoms with Crippen LogP contribution < -0.4 is 11.5 Å². The highest BCUT2D eigenvalue weighted by atomic mass is 35.5. The number of hydrogen-bond donors (Lipinski definition) is 2. The first kappa shape index (κ1) is 13.8. The second kappa shape index (κ2) is 6.34. The Hall–Kier alpha value is -1.17. The van der Waals surface area contributed by atoms with Crippen molar-refractivity contribution in [2.45, 2.75) is 12.5 Å². The summed E-state index contributed by atoms with van der Waals surface area (Å²) >= 11 is 0. The Bertz CT molecular complexity index is 333. The highest BCUT2D eigenvalue weighted by Gasteiger charge is 2.10. The number of non-ortho nitro benzene ring substituents is 1. The van der Waals surface area contributed by atoms with Gasteiger partial charge in [0.2, 0.25) is 0 Å². The van der Waals surface area contributed by atoms with Crippen LogP contribution >= 0.6 is 12.4 Å². The zero-order chi connectivity index (χ0) is 10.6. The summed E-state index contributed by atoms with van der Waals surface area (Å²) in [5.74, 6) is 0. The van der Waals surface area contributed by atoms with Crippen LogP contribution in [0.3, 0.4) is 0 Å². The molecule has 0 bridgehead atoms. The molecule has 0 fully saturated rings. The Balaban J connectivity index is 0.00000196. The molecule has 0 aliphatic heterocycles. The fourth-order valence-electron chi connectivity index (χ4n) is 1.22. The van der Waals surface area contributed by atoms with Gasteiger partial charge in [-0.2, -0.15) is 0 Å². The minimum absolute atomic E-state index is 0. The summed E-state index contributed by atoms with van der Waals surface area (Å²) < 4.78 is 0. The van der Waals surface area contributed by atoms with Crippen LogP contribution in [0.1, 0.15) is 18.0 Å². The lowest BCUT2D eigenvalue weighted by molar-refractivity contribution is -0.384. The third-order valence-electron chi connectivity index (χ3n) is 1.99. The van der Waals surface area contributed by atoms with E-state index < -0.39 is 4.92 Å². The van der Waals surface area contributed by atoms with Crippen LogP contribution in [0, 0.1) is 10.1 Å². The highest BCUT2D eigenvalue weighted by molar-refractivity contribution is 5.85. The number of nitrogens with two attached hydrogens (primary N) is 2. The summed E-state index contributed by atoms with van der Waals surface area (Å²) in [5, 5.41) is 10.5. The van der Waals surface area contributed by atoms with Crippen molar-refractivity contribution in [2.75, 3.05) is 6.54 Å². The summed E-state index contributed by atoms with van der Waals surface area (Å²) in [5.41, 5.74) is 11.9. The van der Waals surface area contributed by atoms with Crippen LogP contribution in [-0.4, -0.2) is 11.5 Å². The van der Waals surface area contributed by atoms with Crippen LogP contribution in [0.25, 0.3) is 0 Å². The summed E-state index contributed by atoms with van der Waals surface area (Å²) in [4.78, 5) is 10.0. The van der Waals surface area contributed by atoms with E-state index in [1.54, 1.807) is 12.1 Å². The van der Waals surface area contributed by atoms with Gasteiger partial charge in [-0.05, 0) is 18.5 Å². The van der Waals surface area contributed by atoms with Gasteiger partial charge in [-0.25, -0.2) is 0 Å². The van der Waals surface area contributed by atoms with Gasteiger partial charge in [-0.3, -0.25) is 10.1 Å². The number of nitro groups is 1. The molecular formula is C9H14ClN3O2. The molecule has 84 valence electrons. The van der Waals surface area contributed by atoms with Gasteiger partial charge in [0.1, 0.15) is 0 Å². The van der Waals surface area contributed by atoms with Crippen LogP contribution in [-0.2, 0) is 0 Å². The average molecular weight is 232 g/mol. The second-order valence-corrected chi connectivity index (χ2v) is 3.04. The number of nitrogens with zero attached hydrogens (tertiary/aromatic N) is 1. The fraction of sp³-hybridized carbons (Fsp3) is 0.333. The molecule has 6 heteroatoms. The molecule has 5 nitrogen and oxygen atoms in total. The van der Waals surface area contributed by atoms with Crippen molar-refractivity contribution in [3.63, 3.8) is 0 Å². The number of nitro benzene ring substituents is 1. The van der Waals surface area contributed by atoms with Crippen LogP contribution in [0.5, 0.6) is 0 Å². The van der Waals surface area contributed by atoms with Crippen molar-refractivity contribution in [1.29, 1.82) is 0 Å². The van der Waals surface area contributed by atoms with Crippen LogP contribution in [0.4, 0.5) is 5.69 Å². The monoisotopic (exact) mass is 231 g/mol. The van der Waals surface area contributed by atoms with Gasteiger partial charge in [-0.15, -0.1) is 12.4 Å². The predicted molar refractivity (Wildman–Crippen MR) is 60.9 cm³/mol. The molecular weight excluding hydrogens is 218 g/mol. The molecule has 0 aliphatic carbocycles. The number of rotatable bonds is 4. The van der Waals surface area contributed by atoms with Gasteiger partial charge < -0.3 is 11.5 Å². The Morgan fingerprint density at radius 2 is 2.13 bits per heavy atom. The molecule has 0 spiro atoms. The lowest BCUT2D eigenvalue weighted by Gasteiger charge is -2.09. The first-order valence-corrected chi connectivity index (χ1v) is 4.35. The van der Waals surface area contributed by atoms with Gasteiger partial charge in [0, 0.05) is 18.2 Å². The lowest BCUT2D eigenvalue weighted by Crippen LogP contribution is -2.15.